The molecule has 6 aromatic carbocycles. The Labute approximate surface area is 869 Å². The van der Waals surface area contributed by atoms with Crippen LogP contribution in [0.2, 0.25) is 0 Å². The molecule has 1 aliphatic carbocycles. The number of carbonyl (C=O) groups excluding carboxylic acids is 17. The molecule has 17 amide bonds. The summed E-state index contributed by atoms with van der Waals surface area (Å²) in [6, 6.07) is 10.4. The van der Waals surface area contributed by atoms with Crippen molar-refractivity contribution in [3.8, 4) is 16.9 Å². The third kappa shape index (κ3) is 37.8. The summed E-state index contributed by atoms with van der Waals surface area (Å²) >= 11 is 0.523. The van der Waals surface area contributed by atoms with Crippen molar-refractivity contribution in [3.63, 3.8) is 0 Å². The minimum Gasteiger partial charge on any atom is -0.482 e. The van der Waals surface area contributed by atoms with Gasteiger partial charge in [0.15, 0.2) is 6.61 Å². The van der Waals surface area contributed by atoms with E-state index < -0.39 is 296 Å². The first-order valence-corrected chi connectivity index (χ1v) is 49.9. The molecule has 1 saturated carbocycles. The molecule has 0 spiro atoms. The van der Waals surface area contributed by atoms with Crippen LogP contribution in [0.15, 0.2) is 152 Å². The van der Waals surface area contributed by atoms with Crippen molar-refractivity contribution >= 4 is 130 Å². The van der Waals surface area contributed by atoms with E-state index in [0.717, 1.165) is 37.7 Å². The molecule has 16 atom stereocenters. The number of aliphatic hydroxyl groups excluding tert-OH is 3. The van der Waals surface area contributed by atoms with E-state index in [1.54, 1.807) is 69.3 Å². The number of aryl methyl sites for hydroxylation is 1. The number of aliphatic hydroxyl groups is 4. The number of thioether (sulfide) groups is 1. The SMILES string of the molecule is Cc1cccc(C[C@@H]2NC(=O)[C@H](CC(=O)O)NC(=O)[C@H](Cc3ccc(OCC(=O)O)cc3)NC(=O)[C@H](C(C)O)NC(=O)CSC[C@@H](C(=O)N[C@@H](CO)C(N)=O)NC(=O)[C@H](CO)NC(=O)[C@H](C(C)(C)O)NC(=O)[C@H](CC3CCCCC3)NC(=O)[C@H](CCN)NC(=O)[C@@H](CC(C)C)NC(=O)[C@H](C)N(C)C(=O)[C@H](Cc3ccc(C(=O)O)cc3)NC(=O)[C@H](Cc3ccc(-c4ccccc4)cc3)NC(=O)[C@H](Cc3ccc(C(N)=O)cc3)NC2=O)c1. The monoisotopic (exact) mass is 2100 g/mol. The first-order chi connectivity index (χ1) is 71.0. The van der Waals surface area contributed by atoms with Gasteiger partial charge in [-0.1, -0.05) is 167 Å². The predicted octanol–water partition coefficient (Wildman–Crippen LogP) is -2.72. The summed E-state index contributed by atoms with van der Waals surface area (Å²) in [6.07, 6.45) is -2.78. The largest absolute Gasteiger partial charge is 0.482 e. The molecular formula is C103H134N18O28S. The van der Waals surface area contributed by atoms with Crippen molar-refractivity contribution in [3.05, 3.63) is 196 Å². The Hall–Kier alpha value is -15.3. The van der Waals surface area contributed by atoms with E-state index in [4.69, 9.17) is 21.9 Å². The Balaban J connectivity index is 1.26. The van der Waals surface area contributed by atoms with Crippen molar-refractivity contribution in [1.82, 2.24) is 79.3 Å². The van der Waals surface area contributed by atoms with Crippen molar-refractivity contribution in [2.45, 2.75) is 241 Å². The normalized spacial score (nSPS) is 23.0. The van der Waals surface area contributed by atoms with E-state index >= 15 is 28.8 Å². The molecular weight excluding hydrogens is 1970 g/mol. The molecule has 1 aliphatic heterocycles. The molecule has 1 saturated heterocycles. The quantitative estimate of drug-likeness (QED) is 0.0210. The zero-order chi connectivity index (χ0) is 111. The summed E-state index contributed by atoms with van der Waals surface area (Å²) < 4.78 is 5.28. The van der Waals surface area contributed by atoms with Crippen LogP contribution in [0.5, 0.6) is 5.75 Å². The summed E-state index contributed by atoms with van der Waals surface area (Å²) in [5.74, 6) is -26.4. The van der Waals surface area contributed by atoms with Crippen LogP contribution in [0, 0.1) is 18.8 Å². The molecule has 1 unspecified atom stereocenters. The number of hydrogen-bond donors (Lipinski definition) is 24. The Morgan fingerprint density at radius 3 is 1.44 bits per heavy atom. The highest BCUT2D eigenvalue weighted by atomic mass is 32.2. The zero-order valence-corrected chi connectivity index (χ0v) is 85.1. The zero-order valence-electron chi connectivity index (χ0n) is 84.3. The highest BCUT2D eigenvalue weighted by Crippen LogP contribution is 2.29. The molecule has 0 bridgehead atoms. The minimum atomic E-state index is -2.28. The number of nitrogens with one attached hydrogen (secondary N) is 14. The summed E-state index contributed by atoms with van der Waals surface area (Å²) in [7, 11) is 1.20. The van der Waals surface area contributed by atoms with Gasteiger partial charge in [-0.2, -0.15) is 0 Å². The fourth-order valence-electron chi connectivity index (χ4n) is 16.6. The lowest BCUT2D eigenvalue weighted by molar-refractivity contribution is -0.142. The number of primary amides is 2. The molecule has 2 aliphatic rings. The number of aromatic carboxylic acids is 1. The number of aliphatic carboxylic acids is 2. The highest BCUT2D eigenvalue weighted by Gasteiger charge is 2.44. The lowest BCUT2D eigenvalue weighted by Gasteiger charge is -2.33. The molecule has 8 rings (SSSR count). The first kappa shape index (κ1) is 120. The molecule has 46 nitrogen and oxygen atoms in total. The molecule has 47 heteroatoms. The van der Waals surface area contributed by atoms with Gasteiger partial charge in [0.2, 0.25) is 100 Å². The van der Waals surface area contributed by atoms with E-state index in [0.29, 0.717) is 59.7 Å². The smallest absolute Gasteiger partial charge is 0.341 e. The number of carboxylic acids is 3. The fraction of sp³-hybridized carbons (Fsp3) is 0.456. The number of carbonyl (C=O) groups is 20. The van der Waals surface area contributed by atoms with E-state index in [9.17, 15) is 103 Å². The standard InChI is InChI=1S/C103H134N18O28S/c1-54(2)40-70-90(134)107-69(38-39-104)89(133)109-74(42-58-17-11-9-12-18-58)96(140)120-85(103(6,7)148)100(144)117-79(50-123)97(141)118-80(98(142)116-78(49-122)87(106)131)52-150-53-81(125)119-84(57(5)124)99(143)114-73(45-62-28-36-68(37-29-62)149-51-83(128)129)92(136)113-76(48-82(126)127)95(139)112-75(47-63-19-15-16-55(3)41-63)93(137)110-71(44-60-24-32-66(33-25-60)86(105)130)91(135)111-72(43-59-22-30-65(31-23-59)64-20-13-10-14-21-64)94(138)115-77(101(145)121(8)56(4)88(132)108-70)46-61-26-34-67(35-27-61)102(146)147/h10,13-16,19-37,41,54,56-58,69-80,84-85,122-124,148H,9,11-12,17-18,38-40,42-53,104H2,1-8H3,(H2,105,130)(H2,106,131)(H,107,134)(H,108,132)(H,109,133)(H,110,137)(H,111,135)(H,112,139)(H,113,136)(H,114,143)(H,115,138)(H,116,142)(H,117,144)(H,118,141)(H,119,125)(H,120,140)(H,126,127)(H,128,129)(H,146,147)/t56-,57?,69-,70+,71-,72-,73-,74-,75-,76-,77-,78-,79-,80-,84-,85+/m0/s1. The van der Waals surface area contributed by atoms with Gasteiger partial charge in [-0.15, -0.1) is 11.8 Å². The number of ether oxygens (including phenoxy) is 1. The van der Waals surface area contributed by atoms with Crippen LogP contribution in [-0.4, -0.2) is 306 Å². The van der Waals surface area contributed by atoms with Gasteiger partial charge in [-0.3, -0.25) is 86.3 Å². The topological polar surface area (TPSA) is 742 Å². The summed E-state index contributed by atoms with van der Waals surface area (Å²) in [4.78, 5) is 288. The summed E-state index contributed by atoms with van der Waals surface area (Å²) in [5.41, 5.74) is 18.2. The maximum Gasteiger partial charge on any atom is 0.341 e. The molecule has 0 radical (unpaired) electrons. The van der Waals surface area contributed by atoms with Gasteiger partial charge < -0.3 is 137 Å². The van der Waals surface area contributed by atoms with Gasteiger partial charge in [0, 0.05) is 50.5 Å². The number of rotatable bonds is 31. The van der Waals surface area contributed by atoms with Crippen molar-refractivity contribution in [1.29, 1.82) is 0 Å². The molecule has 810 valence electrons. The average molecular weight is 2100 g/mol. The molecule has 0 aromatic heterocycles. The van der Waals surface area contributed by atoms with Crippen LogP contribution >= 0.6 is 11.8 Å². The van der Waals surface area contributed by atoms with Crippen molar-refractivity contribution in [2.75, 3.05) is 44.9 Å². The third-order valence-electron chi connectivity index (χ3n) is 25.0. The number of benzene rings is 6. The minimum absolute atomic E-state index is 0.00353. The second kappa shape index (κ2) is 57.8. The second-order valence-corrected chi connectivity index (χ2v) is 39.1. The van der Waals surface area contributed by atoms with Crippen LogP contribution < -0.4 is 96.4 Å². The number of nitrogens with zero attached hydrogens (tertiary/aromatic N) is 1. The van der Waals surface area contributed by atoms with Crippen molar-refractivity contribution in [2.24, 2.45) is 29.0 Å². The number of amides is 17. The third-order valence-corrected chi connectivity index (χ3v) is 26.1. The molecule has 2 fully saturated rings. The van der Waals surface area contributed by atoms with Gasteiger partial charge in [0.1, 0.15) is 96.4 Å². The maximum atomic E-state index is 15.9. The first-order valence-electron chi connectivity index (χ1n) is 48.8. The number of hydrogen-bond acceptors (Lipinski definition) is 27. The molecule has 150 heavy (non-hydrogen) atoms. The van der Waals surface area contributed by atoms with Gasteiger partial charge >= 0.3 is 17.9 Å². The van der Waals surface area contributed by atoms with E-state index in [1.807, 2.05) is 30.3 Å². The maximum absolute atomic E-state index is 15.9. The van der Waals surface area contributed by atoms with Gasteiger partial charge in [0.05, 0.1) is 42.7 Å². The highest BCUT2D eigenvalue weighted by molar-refractivity contribution is 8.00. The van der Waals surface area contributed by atoms with Crippen LogP contribution in [0.4, 0.5) is 0 Å². The summed E-state index contributed by atoms with van der Waals surface area (Å²) in [5, 5.41) is 109. The molecule has 6 aromatic rings. The Kier molecular flexibility index (Phi) is 46.2. The summed E-state index contributed by atoms with van der Waals surface area (Å²) in [6.45, 7) is 6.14. The van der Waals surface area contributed by atoms with Crippen LogP contribution in [0.3, 0.4) is 0 Å². The lowest BCUT2D eigenvalue weighted by atomic mass is 9.84. The van der Waals surface area contributed by atoms with E-state index in [2.05, 4.69) is 74.4 Å². The Morgan fingerprint density at radius 1 is 0.493 bits per heavy atom. The Bertz CT molecular complexity index is 5750. The van der Waals surface area contributed by atoms with Gasteiger partial charge in [-0.25, -0.2) is 9.59 Å². The van der Waals surface area contributed by atoms with Crippen LogP contribution in [0.1, 0.15) is 153 Å². The number of nitrogens with two attached hydrogens (primary N) is 3. The molecule has 27 N–H and O–H groups in total. The number of carboxylic acid groups (broad SMARTS) is 3. The van der Waals surface area contributed by atoms with Crippen molar-refractivity contribution < 1.29 is 136 Å². The lowest BCUT2D eigenvalue weighted by Crippen LogP contribution is -2.65. The van der Waals surface area contributed by atoms with E-state index in [1.165, 1.54) is 86.8 Å². The van der Waals surface area contributed by atoms with E-state index in [-0.39, 0.29) is 65.3 Å². The van der Waals surface area contributed by atoms with Gasteiger partial charge in [0.25, 0.3) is 0 Å². The average Bonchev–Trinajstić information content (AvgIpc) is 0.824. The second-order valence-electron chi connectivity index (χ2n) is 38.0. The Morgan fingerprint density at radius 2 is 0.947 bits per heavy atom. The van der Waals surface area contributed by atoms with Crippen LogP contribution in [0.25, 0.3) is 11.1 Å². The fourth-order valence-corrected chi connectivity index (χ4v) is 17.5. The van der Waals surface area contributed by atoms with Gasteiger partial charge in [-0.05, 0) is 148 Å². The number of likely N-dealkylation sites (N-methyl/N-ethyl adjacent to an activating group) is 1. The molecule has 1 heterocycles. The van der Waals surface area contributed by atoms with Crippen LogP contribution in [-0.2, 0) is 118 Å². The predicted molar refractivity (Wildman–Crippen MR) is 544 cm³/mol.